The molecule has 2 amide bonds. The van der Waals surface area contributed by atoms with Crippen LogP contribution in [0.2, 0.25) is 0 Å². The topological polar surface area (TPSA) is 102 Å². The summed E-state index contributed by atoms with van der Waals surface area (Å²) in [7, 11) is 1.90. The zero-order valence-electron chi connectivity index (χ0n) is 19.1. The first-order valence-electron chi connectivity index (χ1n) is 10.7. The number of carbonyl (C=O) groups is 2. The number of nitrogens with zero attached hydrogens (tertiary/aromatic N) is 4. The van der Waals surface area contributed by atoms with E-state index in [4.69, 9.17) is 4.42 Å². The maximum Gasteiger partial charge on any atom is 0.273 e. The van der Waals surface area contributed by atoms with Crippen molar-refractivity contribution in [2.75, 3.05) is 13.1 Å². The molecule has 0 bridgehead atoms. The Bertz CT molecular complexity index is 1120. The second-order valence-electron chi connectivity index (χ2n) is 7.92. The Balaban J connectivity index is 1.82. The lowest BCUT2D eigenvalue weighted by atomic mass is 10.1. The number of carbonyl (C=O) groups excluding carboxylic acids is 2. The summed E-state index contributed by atoms with van der Waals surface area (Å²) >= 11 is 0. The lowest BCUT2D eigenvalue weighted by Gasteiger charge is -2.27. The van der Waals surface area contributed by atoms with Gasteiger partial charge >= 0.3 is 0 Å². The van der Waals surface area contributed by atoms with E-state index < -0.39 is 10.8 Å². The minimum Gasteiger partial charge on any atom is -0.467 e. The van der Waals surface area contributed by atoms with Crippen molar-refractivity contribution in [3.05, 3.63) is 87.6 Å². The molecule has 1 aromatic carbocycles. The van der Waals surface area contributed by atoms with Crippen LogP contribution in [0.5, 0.6) is 0 Å². The molecule has 3 rings (SSSR count). The monoisotopic (exact) mass is 452 g/mol. The average Bonchev–Trinajstić information content (AvgIpc) is 3.44. The van der Waals surface area contributed by atoms with Crippen LogP contribution in [-0.4, -0.2) is 44.2 Å². The summed E-state index contributed by atoms with van der Waals surface area (Å²) in [5.74, 6) is -0.0128. The Morgan fingerprint density at radius 2 is 1.91 bits per heavy atom. The molecule has 0 unspecified atom stereocenters. The molecule has 0 spiro atoms. The van der Waals surface area contributed by atoms with E-state index in [0.29, 0.717) is 30.8 Å². The summed E-state index contributed by atoms with van der Waals surface area (Å²) in [6.45, 7) is 4.36. The van der Waals surface area contributed by atoms with Crippen LogP contribution >= 0.6 is 0 Å². The van der Waals surface area contributed by atoms with Gasteiger partial charge in [-0.15, -0.1) is 0 Å². The SMILES string of the molecule is CCCN(CC(=O)N(Cc1ccco1)Cc1cccn1C)C(=O)c1ccc(C)c([N+](=O)[O-])c1. The van der Waals surface area contributed by atoms with E-state index >= 15 is 0 Å². The number of amides is 2. The number of benzene rings is 1. The number of nitro groups is 1. The van der Waals surface area contributed by atoms with Crippen molar-refractivity contribution in [1.29, 1.82) is 0 Å². The molecule has 0 atom stereocenters. The summed E-state index contributed by atoms with van der Waals surface area (Å²) in [4.78, 5) is 40.4. The zero-order valence-corrected chi connectivity index (χ0v) is 19.1. The molecule has 0 radical (unpaired) electrons. The third kappa shape index (κ3) is 5.88. The third-order valence-corrected chi connectivity index (χ3v) is 5.44. The predicted molar refractivity (Wildman–Crippen MR) is 122 cm³/mol. The molecule has 9 nitrogen and oxygen atoms in total. The molecular weight excluding hydrogens is 424 g/mol. The number of rotatable bonds is 10. The van der Waals surface area contributed by atoms with Gasteiger partial charge in [-0.1, -0.05) is 13.0 Å². The van der Waals surface area contributed by atoms with E-state index in [0.717, 1.165) is 5.69 Å². The number of hydrogen-bond donors (Lipinski definition) is 0. The summed E-state index contributed by atoms with van der Waals surface area (Å²) in [6, 6.07) is 11.8. The van der Waals surface area contributed by atoms with Gasteiger partial charge in [0.2, 0.25) is 5.91 Å². The third-order valence-electron chi connectivity index (χ3n) is 5.44. The highest BCUT2D eigenvalue weighted by Gasteiger charge is 2.25. The standard InChI is InChI=1S/C24H28N4O5/c1-4-11-26(24(30)19-10-9-18(2)22(14-19)28(31)32)17-23(29)27(16-21-8-6-13-33-21)15-20-7-5-12-25(20)3/h5-10,12-14H,4,11,15-17H2,1-3H3. The first-order valence-corrected chi connectivity index (χ1v) is 10.7. The van der Waals surface area contributed by atoms with Crippen LogP contribution in [0.25, 0.3) is 0 Å². The zero-order chi connectivity index (χ0) is 24.0. The van der Waals surface area contributed by atoms with Gasteiger partial charge in [-0.3, -0.25) is 19.7 Å². The summed E-state index contributed by atoms with van der Waals surface area (Å²) in [6.07, 6.45) is 4.10. The number of aryl methyl sites for hydroxylation is 2. The molecule has 3 aromatic rings. The van der Waals surface area contributed by atoms with Crippen LogP contribution in [0.1, 0.15) is 40.7 Å². The first kappa shape index (κ1) is 23.8. The fraction of sp³-hybridized carbons (Fsp3) is 0.333. The van der Waals surface area contributed by atoms with Crippen LogP contribution < -0.4 is 0 Å². The van der Waals surface area contributed by atoms with Gasteiger partial charge in [-0.2, -0.15) is 0 Å². The van der Waals surface area contributed by atoms with Crippen LogP contribution in [0.15, 0.2) is 59.3 Å². The molecule has 33 heavy (non-hydrogen) atoms. The van der Waals surface area contributed by atoms with Crippen molar-refractivity contribution in [1.82, 2.24) is 14.4 Å². The molecular formula is C24H28N4O5. The van der Waals surface area contributed by atoms with Gasteiger partial charge in [0, 0.05) is 42.7 Å². The van der Waals surface area contributed by atoms with Gasteiger partial charge < -0.3 is 18.8 Å². The Morgan fingerprint density at radius 1 is 1.12 bits per heavy atom. The van der Waals surface area contributed by atoms with E-state index in [2.05, 4.69) is 0 Å². The fourth-order valence-corrected chi connectivity index (χ4v) is 3.59. The average molecular weight is 453 g/mol. The number of nitro benzene ring substituents is 1. The molecule has 0 aliphatic carbocycles. The normalized spacial score (nSPS) is 10.8. The minimum absolute atomic E-state index is 0.119. The van der Waals surface area contributed by atoms with Crippen molar-refractivity contribution >= 4 is 17.5 Å². The number of hydrogen-bond acceptors (Lipinski definition) is 5. The van der Waals surface area contributed by atoms with E-state index in [9.17, 15) is 19.7 Å². The summed E-state index contributed by atoms with van der Waals surface area (Å²) in [5.41, 5.74) is 1.49. The van der Waals surface area contributed by atoms with Gasteiger partial charge in [0.25, 0.3) is 11.6 Å². The van der Waals surface area contributed by atoms with Crippen LogP contribution in [-0.2, 0) is 24.9 Å². The molecule has 0 N–H and O–H groups in total. The molecule has 0 aliphatic rings. The molecule has 174 valence electrons. The van der Waals surface area contributed by atoms with E-state index in [1.807, 2.05) is 36.9 Å². The van der Waals surface area contributed by atoms with Crippen molar-refractivity contribution in [2.45, 2.75) is 33.4 Å². The Labute approximate surface area is 192 Å². The van der Waals surface area contributed by atoms with E-state index in [1.165, 1.54) is 11.0 Å². The van der Waals surface area contributed by atoms with Gasteiger partial charge in [0.15, 0.2) is 0 Å². The highest BCUT2D eigenvalue weighted by Crippen LogP contribution is 2.21. The molecule has 0 aliphatic heterocycles. The maximum atomic E-state index is 13.3. The smallest absolute Gasteiger partial charge is 0.273 e. The maximum absolute atomic E-state index is 13.3. The quantitative estimate of drug-likeness (QED) is 0.343. The van der Waals surface area contributed by atoms with Crippen molar-refractivity contribution < 1.29 is 18.9 Å². The van der Waals surface area contributed by atoms with Crippen molar-refractivity contribution in [2.24, 2.45) is 7.05 Å². The Kier molecular flexibility index (Phi) is 7.66. The highest BCUT2D eigenvalue weighted by atomic mass is 16.6. The number of furan rings is 1. The molecule has 0 fully saturated rings. The minimum atomic E-state index is -0.508. The lowest BCUT2D eigenvalue weighted by Crippen LogP contribution is -2.43. The number of aromatic nitrogens is 1. The van der Waals surface area contributed by atoms with Gasteiger partial charge in [-0.05, 0) is 43.7 Å². The molecule has 9 heteroatoms. The first-order chi connectivity index (χ1) is 15.8. The second kappa shape index (κ2) is 10.6. The summed E-state index contributed by atoms with van der Waals surface area (Å²) < 4.78 is 7.37. The Hall–Kier alpha value is -3.88. The van der Waals surface area contributed by atoms with E-state index in [-0.39, 0.29) is 30.2 Å². The molecule has 0 saturated carbocycles. The lowest BCUT2D eigenvalue weighted by molar-refractivity contribution is -0.385. The van der Waals surface area contributed by atoms with Crippen LogP contribution in [0.3, 0.4) is 0 Å². The molecule has 0 saturated heterocycles. The highest BCUT2D eigenvalue weighted by molar-refractivity contribution is 5.97. The van der Waals surface area contributed by atoms with E-state index in [1.54, 1.807) is 42.4 Å². The largest absolute Gasteiger partial charge is 0.467 e. The van der Waals surface area contributed by atoms with Gasteiger partial charge in [0.1, 0.15) is 12.3 Å². The van der Waals surface area contributed by atoms with Gasteiger partial charge in [0.05, 0.1) is 24.3 Å². The molecule has 2 heterocycles. The predicted octanol–water partition coefficient (Wildman–Crippen LogP) is 3.92. The second-order valence-corrected chi connectivity index (χ2v) is 7.92. The van der Waals surface area contributed by atoms with Crippen molar-refractivity contribution in [3.8, 4) is 0 Å². The van der Waals surface area contributed by atoms with Crippen molar-refractivity contribution in [3.63, 3.8) is 0 Å². The molecule has 2 aromatic heterocycles. The van der Waals surface area contributed by atoms with Gasteiger partial charge in [-0.25, -0.2) is 0 Å². The Morgan fingerprint density at radius 3 is 2.52 bits per heavy atom. The summed E-state index contributed by atoms with van der Waals surface area (Å²) in [5, 5.41) is 11.3. The van der Waals surface area contributed by atoms with Crippen LogP contribution in [0, 0.1) is 17.0 Å². The van der Waals surface area contributed by atoms with Crippen LogP contribution in [0.4, 0.5) is 5.69 Å². The fourth-order valence-electron chi connectivity index (χ4n) is 3.59.